The molecule has 0 unspecified atom stereocenters. The Hall–Kier alpha value is -3.14. The number of ether oxygens (including phenoxy) is 1. The normalized spacial score (nSPS) is 12.4. The van der Waals surface area contributed by atoms with Crippen molar-refractivity contribution in [3.63, 3.8) is 0 Å². The van der Waals surface area contributed by atoms with E-state index in [2.05, 4.69) is 4.98 Å². The maximum atomic E-state index is 12.7. The topological polar surface area (TPSA) is 44.1 Å². The molecule has 0 saturated heterocycles. The number of rotatable bonds is 4. The highest BCUT2D eigenvalue weighted by atomic mass is 16.5. The SMILES string of the molecule is CCOc1nc(=Cc2ccccc2)c(=O)n(C)c1=Cc1ccccc1. The Bertz CT molecular complexity index is 1020. The van der Waals surface area contributed by atoms with Gasteiger partial charge in [-0.1, -0.05) is 60.7 Å². The third-order valence-electron chi connectivity index (χ3n) is 3.81. The number of benzene rings is 2. The van der Waals surface area contributed by atoms with Gasteiger partial charge >= 0.3 is 0 Å². The van der Waals surface area contributed by atoms with Crippen LogP contribution in [0, 0.1) is 0 Å². The van der Waals surface area contributed by atoms with Crippen LogP contribution in [0.25, 0.3) is 12.2 Å². The number of hydrogen-bond acceptors (Lipinski definition) is 3. The van der Waals surface area contributed by atoms with Crippen LogP contribution in [0.15, 0.2) is 65.5 Å². The van der Waals surface area contributed by atoms with Gasteiger partial charge in [0.25, 0.3) is 5.56 Å². The molecule has 1 heterocycles. The van der Waals surface area contributed by atoms with E-state index in [0.29, 0.717) is 23.2 Å². The Morgan fingerprint density at radius 1 is 0.960 bits per heavy atom. The molecule has 3 aromatic rings. The molecule has 0 aliphatic carbocycles. The lowest BCUT2D eigenvalue weighted by Gasteiger charge is -2.07. The standard InChI is InChI=1S/C21H20N2O2/c1-3-25-20-19(15-17-12-8-5-9-13-17)23(2)21(24)18(22-20)14-16-10-6-4-7-11-16/h4-15H,3H2,1-2H3. The second-order valence-corrected chi connectivity index (χ2v) is 5.59. The van der Waals surface area contributed by atoms with E-state index in [1.165, 1.54) is 0 Å². The number of hydrogen-bond donors (Lipinski definition) is 0. The Morgan fingerprint density at radius 3 is 2.08 bits per heavy atom. The lowest BCUT2D eigenvalue weighted by molar-refractivity contribution is 0.317. The minimum atomic E-state index is -0.158. The summed E-state index contributed by atoms with van der Waals surface area (Å²) in [6, 6.07) is 19.5. The van der Waals surface area contributed by atoms with E-state index in [4.69, 9.17) is 4.74 Å². The van der Waals surface area contributed by atoms with Crippen molar-refractivity contribution in [2.24, 2.45) is 7.05 Å². The first-order valence-corrected chi connectivity index (χ1v) is 8.22. The predicted octanol–water partition coefficient (Wildman–Crippen LogP) is 1.84. The summed E-state index contributed by atoms with van der Waals surface area (Å²) in [6.45, 7) is 2.38. The molecule has 2 aromatic carbocycles. The van der Waals surface area contributed by atoms with Gasteiger partial charge in [-0.15, -0.1) is 0 Å². The zero-order valence-electron chi connectivity index (χ0n) is 14.3. The third-order valence-corrected chi connectivity index (χ3v) is 3.81. The van der Waals surface area contributed by atoms with Gasteiger partial charge in [0.05, 0.1) is 6.61 Å². The summed E-state index contributed by atoms with van der Waals surface area (Å²) in [5.41, 5.74) is 1.75. The first-order chi connectivity index (χ1) is 12.2. The van der Waals surface area contributed by atoms with Crippen LogP contribution in [0.3, 0.4) is 0 Å². The van der Waals surface area contributed by atoms with E-state index < -0.39 is 0 Å². The zero-order valence-corrected chi connectivity index (χ0v) is 14.3. The first-order valence-electron chi connectivity index (χ1n) is 8.22. The van der Waals surface area contributed by atoms with Crippen molar-refractivity contribution in [3.05, 3.63) is 92.8 Å². The van der Waals surface area contributed by atoms with Crippen LogP contribution in [0.1, 0.15) is 18.1 Å². The maximum absolute atomic E-state index is 12.7. The fourth-order valence-corrected chi connectivity index (χ4v) is 2.55. The molecule has 0 N–H and O–H groups in total. The molecule has 0 radical (unpaired) electrons. The molecule has 25 heavy (non-hydrogen) atoms. The molecule has 0 aliphatic heterocycles. The minimum Gasteiger partial charge on any atom is -0.476 e. The van der Waals surface area contributed by atoms with Crippen molar-refractivity contribution in [1.29, 1.82) is 0 Å². The second kappa shape index (κ2) is 7.62. The van der Waals surface area contributed by atoms with Gasteiger partial charge in [0, 0.05) is 7.05 Å². The smallest absolute Gasteiger partial charge is 0.276 e. The molecule has 0 amide bonds. The van der Waals surface area contributed by atoms with Gasteiger partial charge < -0.3 is 9.30 Å². The Kier molecular flexibility index (Phi) is 5.09. The van der Waals surface area contributed by atoms with Crippen molar-refractivity contribution in [2.75, 3.05) is 6.61 Å². The van der Waals surface area contributed by atoms with Crippen LogP contribution < -0.4 is 21.0 Å². The summed E-state index contributed by atoms with van der Waals surface area (Å²) in [5, 5.41) is 1.02. The summed E-state index contributed by atoms with van der Waals surface area (Å²) in [5.74, 6) is 0.454. The molecular formula is C21H20N2O2. The molecule has 0 aliphatic rings. The molecule has 0 fully saturated rings. The van der Waals surface area contributed by atoms with Crippen molar-refractivity contribution in [2.45, 2.75) is 6.92 Å². The Labute approximate surface area is 146 Å². The van der Waals surface area contributed by atoms with Crippen LogP contribution in [0.5, 0.6) is 5.88 Å². The average Bonchev–Trinajstić information content (AvgIpc) is 2.64. The molecule has 3 rings (SSSR count). The molecule has 0 saturated carbocycles. The van der Waals surface area contributed by atoms with Gasteiger partial charge in [0.15, 0.2) is 0 Å². The summed E-state index contributed by atoms with van der Waals surface area (Å²) in [6.07, 6.45) is 3.68. The van der Waals surface area contributed by atoms with Gasteiger partial charge in [0.1, 0.15) is 10.7 Å². The van der Waals surface area contributed by atoms with Crippen LogP contribution in [-0.4, -0.2) is 16.2 Å². The van der Waals surface area contributed by atoms with Gasteiger partial charge in [-0.25, -0.2) is 4.98 Å². The minimum absolute atomic E-state index is 0.158. The fraction of sp³-hybridized carbons (Fsp3) is 0.143. The highest BCUT2D eigenvalue weighted by Crippen LogP contribution is 2.02. The quantitative estimate of drug-likeness (QED) is 0.732. The predicted molar refractivity (Wildman–Crippen MR) is 99.9 cm³/mol. The summed E-state index contributed by atoms with van der Waals surface area (Å²) in [7, 11) is 1.74. The second-order valence-electron chi connectivity index (χ2n) is 5.59. The highest BCUT2D eigenvalue weighted by Gasteiger charge is 2.06. The van der Waals surface area contributed by atoms with E-state index in [0.717, 1.165) is 11.1 Å². The van der Waals surface area contributed by atoms with Crippen molar-refractivity contribution >= 4 is 12.2 Å². The molecule has 0 spiro atoms. The zero-order chi connectivity index (χ0) is 17.6. The van der Waals surface area contributed by atoms with E-state index >= 15 is 0 Å². The molecular weight excluding hydrogens is 312 g/mol. The van der Waals surface area contributed by atoms with Gasteiger partial charge in [-0.2, -0.15) is 0 Å². The maximum Gasteiger partial charge on any atom is 0.276 e. The largest absolute Gasteiger partial charge is 0.476 e. The monoisotopic (exact) mass is 332 g/mol. The van der Waals surface area contributed by atoms with Crippen molar-refractivity contribution in [1.82, 2.24) is 9.55 Å². The van der Waals surface area contributed by atoms with Gasteiger partial charge in [-0.05, 0) is 30.2 Å². The molecule has 126 valence electrons. The average molecular weight is 332 g/mol. The van der Waals surface area contributed by atoms with E-state index in [1.807, 2.05) is 73.7 Å². The molecule has 1 aromatic heterocycles. The van der Waals surface area contributed by atoms with Crippen molar-refractivity contribution < 1.29 is 4.74 Å². The lowest BCUT2D eigenvalue weighted by atomic mass is 10.2. The van der Waals surface area contributed by atoms with Crippen LogP contribution >= 0.6 is 0 Å². The molecule has 4 nitrogen and oxygen atoms in total. The molecule has 0 bridgehead atoms. The van der Waals surface area contributed by atoms with Crippen LogP contribution in [0.2, 0.25) is 0 Å². The number of nitrogens with zero attached hydrogens (tertiary/aromatic N) is 2. The number of aromatic nitrogens is 2. The van der Waals surface area contributed by atoms with Gasteiger partial charge in [-0.3, -0.25) is 4.79 Å². The molecule has 4 heteroatoms. The molecule has 0 atom stereocenters. The van der Waals surface area contributed by atoms with E-state index in [9.17, 15) is 4.79 Å². The summed E-state index contributed by atoms with van der Waals surface area (Å²) < 4.78 is 7.28. The van der Waals surface area contributed by atoms with Crippen LogP contribution in [-0.2, 0) is 7.05 Å². The first kappa shape index (κ1) is 16.7. The summed E-state index contributed by atoms with van der Waals surface area (Å²) >= 11 is 0. The van der Waals surface area contributed by atoms with Gasteiger partial charge in [0.2, 0.25) is 5.88 Å². The third kappa shape index (κ3) is 3.86. The van der Waals surface area contributed by atoms with E-state index in [1.54, 1.807) is 17.7 Å². The Morgan fingerprint density at radius 2 is 1.52 bits per heavy atom. The fourth-order valence-electron chi connectivity index (χ4n) is 2.55. The summed E-state index contributed by atoms with van der Waals surface area (Å²) in [4.78, 5) is 17.2. The van der Waals surface area contributed by atoms with Crippen LogP contribution in [0.4, 0.5) is 0 Å². The Balaban J connectivity index is 2.25. The van der Waals surface area contributed by atoms with E-state index in [-0.39, 0.29) is 5.56 Å². The highest BCUT2D eigenvalue weighted by molar-refractivity contribution is 5.51. The van der Waals surface area contributed by atoms with Crippen molar-refractivity contribution in [3.8, 4) is 5.88 Å². The lowest BCUT2D eigenvalue weighted by Crippen LogP contribution is -2.44.